The highest BCUT2D eigenvalue weighted by molar-refractivity contribution is 5.95. The fraction of sp³-hybridized carbons (Fsp3) is 0.591. The summed E-state index contributed by atoms with van der Waals surface area (Å²) < 4.78 is 31.2. The SMILES string of the molecule is CC[C@H]1C[C@@H]2CN3CCc4c([nH]c5c([C@H]6C[C@H]7[C@]8(C(=O)OC)CO[C@H](N(C)[C@H]8Cc8c6[nH]c6ccccc86)[C@@]76O[C@H]6C)c(OC)ccc45)[C@](C(=O)OC)(C2)[C@H]13. The molecule has 13 rings (SSSR count). The van der Waals surface area contributed by atoms with Crippen molar-refractivity contribution in [2.45, 2.75) is 93.7 Å². The summed E-state index contributed by atoms with van der Waals surface area (Å²) in [6.45, 7) is 6.61. The van der Waals surface area contributed by atoms with Gasteiger partial charge in [-0.05, 0) is 87.2 Å². The van der Waals surface area contributed by atoms with Crippen LogP contribution in [0.25, 0.3) is 21.8 Å². The van der Waals surface area contributed by atoms with E-state index in [0.29, 0.717) is 24.7 Å². The normalized spacial score (nSPS) is 39.6. The summed E-state index contributed by atoms with van der Waals surface area (Å²) in [6, 6.07) is 12.7. The molecule has 7 fully saturated rings. The van der Waals surface area contributed by atoms with Crippen molar-refractivity contribution >= 4 is 33.7 Å². The number of ether oxygens (including phenoxy) is 5. The number of epoxide rings is 1. The van der Waals surface area contributed by atoms with E-state index in [0.717, 1.165) is 83.3 Å². The maximum absolute atomic E-state index is 14.5. The molecule has 4 aromatic rings. The van der Waals surface area contributed by atoms with Gasteiger partial charge in [0.1, 0.15) is 28.4 Å². The van der Waals surface area contributed by atoms with E-state index in [1.54, 1.807) is 14.2 Å². The highest BCUT2D eigenvalue weighted by Crippen LogP contribution is 2.67. The predicted octanol–water partition coefficient (Wildman–Crippen LogP) is 5.43. The van der Waals surface area contributed by atoms with E-state index >= 15 is 0 Å². The Hall–Kier alpha value is -3.90. The zero-order valence-corrected chi connectivity index (χ0v) is 32.7. The van der Waals surface area contributed by atoms with Crippen LogP contribution in [0.4, 0.5) is 0 Å². The second-order valence-electron chi connectivity index (χ2n) is 17.8. The third-order valence-corrected chi connectivity index (χ3v) is 16.0. The molecule has 1 unspecified atom stereocenters. The van der Waals surface area contributed by atoms with Crippen molar-refractivity contribution < 1.29 is 33.3 Å². The molecular weight excluding hydrogens is 697 g/mol. The molecule has 11 heteroatoms. The minimum Gasteiger partial charge on any atom is -0.496 e. The number of piperidine rings is 3. The second kappa shape index (κ2) is 11.6. The molecule has 2 N–H and O–H groups in total. The third kappa shape index (κ3) is 4.05. The van der Waals surface area contributed by atoms with Gasteiger partial charge in [-0.2, -0.15) is 0 Å². The van der Waals surface area contributed by atoms with Crippen molar-refractivity contribution in [3.05, 3.63) is 64.5 Å². The molecule has 55 heavy (non-hydrogen) atoms. The third-order valence-electron chi connectivity index (χ3n) is 16.0. The van der Waals surface area contributed by atoms with Crippen molar-refractivity contribution in [2.75, 3.05) is 48.1 Å². The fourth-order valence-corrected chi connectivity index (χ4v) is 13.9. The molecule has 6 saturated heterocycles. The number of methoxy groups -OCH3 is 3. The molecule has 290 valence electrons. The number of carbonyl (C=O) groups is 2. The number of rotatable bonds is 5. The first kappa shape index (κ1) is 34.4. The van der Waals surface area contributed by atoms with Crippen molar-refractivity contribution in [1.29, 1.82) is 0 Å². The number of esters is 2. The quantitative estimate of drug-likeness (QED) is 0.204. The first-order valence-corrected chi connectivity index (χ1v) is 20.4. The summed E-state index contributed by atoms with van der Waals surface area (Å²) >= 11 is 0. The van der Waals surface area contributed by atoms with Crippen molar-refractivity contribution in [2.24, 2.45) is 23.2 Å². The Bertz CT molecular complexity index is 2280. The van der Waals surface area contributed by atoms with Crippen molar-refractivity contribution in [3.8, 4) is 5.75 Å². The Morgan fingerprint density at radius 2 is 1.80 bits per heavy atom. The minimum atomic E-state index is -0.958. The molecule has 8 bridgehead atoms. The number of nitrogens with one attached hydrogen (secondary N) is 2. The topological polar surface area (TPSA) is 122 Å². The van der Waals surface area contributed by atoms with E-state index in [9.17, 15) is 9.59 Å². The van der Waals surface area contributed by atoms with E-state index in [1.807, 2.05) is 0 Å². The second-order valence-corrected chi connectivity index (χ2v) is 17.8. The van der Waals surface area contributed by atoms with Gasteiger partial charge in [-0.25, -0.2) is 0 Å². The molecule has 9 heterocycles. The number of fused-ring (bicyclic) bond motifs is 8. The molecule has 0 radical (unpaired) electrons. The lowest BCUT2D eigenvalue weighted by Crippen LogP contribution is -2.77. The average molecular weight is 749 g/mol. The summed E-state index contributed by atoms with van der Waals surface area (Å²) in [5, 5.41) is 2.29. The van der Waals surface area contributed by atoms with Crippen LogP contribution in [0.15, 0.2) is 36.4 Å². The zero-order chi connectivity index (χ0) is 37.8. The number of para-hydroxylation sites is 1. The van der Waals surface area contributed by atoms with Gasteiger partial charge in [-0.15, -0.1) is 0 Å². The van der Waals surface area contributed by atoms with E-state index < -0.39 is 16.4 Å². The smallest absolute Gasteiger partial charge is 0.319 e. The Balaban J connectivity index is 1.19. The predicted molar refractivity (Wildman–Crippen MR) is 205 cm³/mol. The van der Waals surface area contributed by atoms with Gasteiger partial charge < -0.3 is 33.7 Å². The lowest BCUT2D eigenvalue weighted by molar-refractivity contribution is -0.284. The maximum Gasteiger partial charge on any atom is 0.319 e. The van der Waals surface area contributed by atoms with Crippen molar-refractivity contribution in [1.82, 2.24) is 19.8 Å². The molecule has 9 aliphatic rings. The van der Waals surface area contributed by atoms with Crippen LogP contribution >= 0.6 is 0 Å². The number of likely N-dealkylation sites (N-methyl/N-ethyl adjacent to an activating group) is 1. The van der Waals surface area contributed by atoms with Crippen LogP contribution in [0.2, 0.25) is 0 Å². The van der Waals surface area contributed by atoms with Gasteiger partial charge in [-0.3, -0.25) is 19.4 Å². The molecule has 2 aromatic carbocycles. The summed E-state index contributed by atoms with van der Waals surface area (Å²) in [5.41, 5.74) is 5.29. The standard InChI is InChI=1S/C44H52N4O7/c1-7-24-16-23-19-42(40(49)52-5)37-27(14-15-48(20-23)38(24)42)26-12-13-31(51-4)34(36(26)46-37)29-17-32-43(41(50)53-6)21-54-39(44(32)22(2)55-44)47(3)33(43)18-28-25-10-8-9-11-30(25)45-35(28)29/h8-13,22-24,29,32-33,38-39,45-46H,7,14-21H2,1-6H3/t22-,23-,24-,29+,32-,33-,38-,39-,42+,43+,44-/m0/s1. The number of hydrogen-bond donors (Lipinski definition) is 2. The van der Waals surface area contributed by atoms with Gasteiger partial charge in [0.2, 0.25) is 0 Å². The van der Waals surface area contributed by atoms with Crippen molar-refractivity contribution in [3.63, 3.8) is 0 Å². The number of aromatic amines is 2. The van der Waals surface area contributed by atoms with Gasteiger partial charge in [-0.1, -0.05) is 31.5 Å². The van der Waals surface area contributed by atoms with E-state index in [1.165, 1.54) is 18.2 Å². The summed E-state index contributed by atoms with van der Waals surface area (Å²) in [7, 11) is 6.89. The van der Waals surface area contributed by atoms with Gasteiger partial charge in [0.25, 0.3) is 0 Å². The maximum atomic E-state index is 14.5. The Morgan fingerprint density at radius 1 is 1.00 bits per heavy atom. The lowest BCUT2D eigenvalue weighted by atomic mass is 9.54. The van der Waals surface area contributed by atoms with Crippen LogP contribution in [0.5, 0.6) is 5.75 Å². The molecule has 12 atom stereocenters. The van der Waals surface area contributed by atoms with Crippen LogP contribution in [-0.2, 0) is 46.8 Å². The Kier molecular flexibility index (Phi) is 7.24. The number of carbonyl (C=O) groups excluding carboxylic acids is 2. The van der Waals surface area contributed by atoms with Crippen LogP contribution in [-0.4, -0.2) is 110 Å². The molecule has 2 aliphatic carbocycles. The summed E-state index contributed by atoms with van der Waals surface area (Å²) in [5.74, 6) is 0.837. The minimum absolute atomic E-state index is 0.0799. The molecule has 1 spiro atoms. The number of aromatic nitrogens is 2. The molecule has 1 saturated carbocycles. The Labute approximate surface area is 321 Å². The monoisotopic (exact) mass is 748 g/mol. The molecular formula is C44H52N4O7. The fourth-order valence-electron chi connectivity index (χ4n) is 13.9. The molecule has 2 aromatic heterocycles. The molecule has 0 amide bonds. The summed E-state index contributed by atoms with van der Waals surface area (Å²) in [6.07, 6.45) is 4.70. The largest absolute Gasteiger partial charge is 0.496 e. The highest BCUT2D eigenvalue weighted by atomic mass is 16.7. The van der Waals surface area contributed by atoms with E-state index in [2.05, 4.69) is 77.1 Å². The first-order chi connectivity index (χ1) is 26.7. The zero-order valence-electron chi connectivity index (χ0n) is 32.7. The van der Waals surface area contributed by atoms with Crippen LogP contribution in [0.1, 0.15) is 73.5 Å². The number of H-pyrrole nitrogens is 2. The van der Waals surface area contributed by atoms with Gasteiger partial charge in [0.05, 0.1) is 39.6 Å². The van der Waals surface area contributed by atoms with Gasteiger partial charge in [0, 0.05) is 70.2 Å². The van der Waals surface area contributed by atoms with Crippen LogP contribution in [0, 0.1) is 23.2 Å². The summed E-state index contributed by atoms with van der Waals surface area (Å²) in [4.78, 5) is 41.8. The average Bonchev–Trinajstić information content (AvgIpc) is 3.54. The van der Waals surface area contributed by atoms with E-state index in [-0.39, 0.29) is 54.8 Å². The number of benzene rings is 2. The first-order valence-electron chi connectivity index (χ1n) is 20.4. The molecule has 7 aliphatic heterocycles. The van der Waals surface area contributed by atoms with Gasteiger partial charge in [0.15, 0.2) is 0 Å². The van der Waals surface area contributed by atoms with Crippen LogP contribution in [0.3, 0.4) is 0 Å². The number of hydrogen-bond acceptors (Lipinski definition) is 9. The van der Waals surface area contributed by atoms with Crippen LogP contribution < -0.4 is 4.74 Å². The van der Waals surface area contributed by atoms with E-state index in [4.69, 9.17) is 23.7 Å². The Morgan fingerprint density at radius 3 is 2.55 bits per heavy atom. The number of nitrogens with zero attached hydrogens (tertiary/aromatic N) is 2. The molecule has 11 nitrogen and oxygen atoms in total. The lowest BCUT2D eigenvalue weighted by Gasteiger charge is -2.62. The highest BCUT2D eigenvalue weighted by Gasteiger charge is 2.80. The van der Waals surface area contributed by atoms with Gasteiger partial charge >= 0.3 is 11.9 Å².